The Bertz CT molecular complexity index is 583. The first-order chi connectivity index (χ1) is 10.6. The van der Waals surface area contributed by atoms with E-state index in [-0.39, 0.29) is 11.5 Å². The van der Waals surface area contributed by atoms with E-state index in [1.54, 1.807) is 18.3 Å². The van der Waals surface area contributed by atoms with Gasteiger partial charge in [-0.3, -0.25) is 4.79 Å². The second-order valence-corrected chi connectivity index (χ2v) is 5.74. The zero-order chi connectivity index (χ0) is 15.9. The number of rotatable bonds is 4. The van der Waals surface area contributed by atoms with Crippen LogP contribution in [0.4, 0.5) is 0 Å². The van der Waals surface area contributed by atoms with Crippen LogP contribution in [0.1, 0.15) is 5.56 Å². The molecule has 1 aromatic carbocycles. The maximum atomic E-state index is 12.1. The van der Waals surface area contributed by atoms with E-state index in [2.05, 4.69) is 17.3 Å². The van der Waals surface area contributed by atoms with Crippen LogP contribution in [0, 0.1) is 11.3 Å². The molecule has 0 radical (unpaired) electrons. The molecule has 0 spiro atoms. The number of benzene rings is 1. The highest BCUT2D eigenvalue weighted by Gasteiger charge is 2.14. The van der Waals surface area contributed by atoms with Crippen molar-refractivity contribution in [3.05, 3.63) is 46.6 Å². The molecule has 1 fully saturated rings. The van der Waals surface area contributed by atoms with Gasteiger partial charge in [-0.1, -0.05) is 23.7 Å². The summed E-state index contributed by atoms with van der Waals surface area (Å²) in [7, 11) is 2.06. The molecule has 0 bridgehead atoms. The van der Waals surface area contributed by atoms with Gasteiger partial charge in [0.05, 0.1) is 0 Å². The maximum absolute atomic E-state index is 12.1. The number of nitrogens with one attached hydrogen (secondary N) is 1. The Labute approximate surface area is 135 Å². The molecule has 1 saturated heterocycles. The van der Waals surface area contributed by atoms with Crippen molar-refractivity contribution in [3.8, 4) is 6.07 Å². The van der Waals surface area contributed by atoms with Crippen LogP contribution in [0.2, 0.25) is 5.02 Å². The molecule has 0 atom stereocenters. The number of amides is 1. The van der Waals surface area contributed by atoms with Gasteiger partial charge in [0.1, 0.15) is 11.6 Å². The third-order valence-corrected chi connectivity index (χ3v) is 3.83. The minimum absolute atomic E-state index is 0.138. The molecule has 116 valence electrons. The van der Waals surface area contributed by atoms with Crippen LogP contribution in [0.15, 0.2) is 36.0 Å². The first-order valence-corrected chi connectivity index (χ1v) is 7.53. The monoisotopic (exact) mass is 318 g/mol. The summed E-state index contributed by atoms with van der Waals surface area (Å²) < 4.78 is 0. The Kier molecular flexibility index (Phi) is 5.82. The quantitative estimate of drug-likeness (QED) is 0.677. The van der Waals surface area contributed by atoms with E-state index < -0.39 is 0 Å². The lowest BCUT2D eigenvalue weighted by Crippen LogP contribution is -2.42. The van der Waals surface area contributed by atoms with Crippen LogP contribution >= 0.6 is 11.6 Å². The number of hydrogen-bond acceptors (Lipinski definition) is 4. The van der Waals surface area contributed by atoms with Crippen molar-refractivity contribution in [2.75, 3.05) is 33.2 Å². The van der Waals surface area contributed by atoms with Gasteiger partial charge in [0.2, 0.25) is 0 Å². The van der Waals surface area contributed by atoms with Crippen molar-refractivity contribution in [3.63, 3.8) is 0 Å². The van der Waals surface area contributed by atoms with E-state index in [1.807, 2.05) is 23.1 Å². The van der Waals surface area contributed by atoms with Crippen molar-refractivity contribution >= 4 is 17.5 Å². The largest absolute Gasteiger partial charge is 0.374 e. The van der Waals surface area contributed by atoms with Crippen molar-refractivity contribution < 1.29 is 4.79 Å². The highest BCUT2D eigenvalue weighted by molar-refractivity contribution is 6.30. The topological polar surface area (TPSA) is 59.4 Å². The van der Waals surface area contributed by atoms with Gasteiger partial charge in [0.25, 0.3) is 5.91 Å². The Morgan fingerprint density at radius 2 is 1.95 bits per heavy atom. The lowest BCUT2D eigenvalue weighted by Gasteiger charge is -2.31. The van der Waals surface area contributed by atoms with Crippen LogP contribution in [-0.2, 0) is 11.3 Å². The Balaban J connectivity index is 1.91. The summed E-state index contributed by atoms with van der Waals surface area (Å²) in [5, 5.41) is 12.6. The van der Waals surface area contributed by atoms with Crippen LogP contribution < -0.4 is 5.32 Å². The second kappa shape index (κ2) is 7.83. The van der Waals surface area contributed by atoms with E-state index in [9.17, 15) is 10.1 Å². The summed E-state index contributed by atoms with van der Waals surface area (Å²) in [6.45, 7) is 3.89. The molecule has 1 aliphatic heterocycles. The van der Waals surface area contributed by atoms with Crippen molar-refractivity contribution in [1.82, 2.24) is 15.1 Å². The SMILES string of the molecule is CN1CCN(/C=C(/C#N)C(=O)NCc2ccc(Cl)cc2)CC1. The van der Waals surface area contributed by atoms with E-state index in [0.29, 0.717) is 11.6 Å². The molecule has 5 nitrogen and oxygen atoms in total. The van der Waals surface area contributed by atoms with Gasteiger partial charge in [0, 0.05) is 43.9 Å². The van der Waals surface area contributed by atoms with Gasteiger partial charge >= 0.3 is 0 Å². The van der Waals surface area contributed by atoms with Crippen molar-refractivity contribution in [2.24, 2.45) is 0 Å². The van der Waals surface area contributed by atoms with E-state index in [1.165, 1.54) is 0 Å². The number of halogens is 1. The Morgan fingerprint density at radius 1 is 1.32 bits per heavy atom. The summed E-state index contributed by atoms with van der Waals surface area (Å²) in [6.07, 6.45) is 1.66. The Hall–Kier alpha value is -2.03. The lowest BCUT2D eigenvalue weighted by molar-refractivity contribution is -0.117. The highest BCUT2D eigenvalue weighted by atomic mass is 35.5. The summed E-state index contributed by atoms with van der Waals surface area (Å²) >= 11 is 5.82. The smallest absolute Gasteiger partial charge is 0.263 e. The molecule has 0 aliphatic carbocycles. The fourth-order valence-electron chi connectivity index (χ4n) is 2.15. The number of nitriles is 1. The molecule has 0 unspecified atom stereocenters. The summed E-state index contributed by atoms with van der Waals surface area (Å²) in [6, 6.07) is 9.21. The molecule has 1 heterocycles. The molecular weight excluding hydrogens is 300 g/mol. The van der Waals surface area contributed by atoms with Crippen LogP contribution in [0.25, 0.3) is 0 Å². The predicted molar refractivity (Wildman–Crippen MR) is 86.1 cm³/mol. The highest BCUT2D eigenvalue weighted by Crippen LogP contribution is 2.09. The summed E-state index contributed by atoms with van der Waals surface area (Å²) in [5.74, 6) is -0.351. The fraction of sp³-hybridized carbons (Fsp3) is 0.375. The molecule has 0 saturated carbocycles. The predicted octanol–water partition coefficient (Wildman–Crippen LogP) is 1.61. The number of carbonyl (C=O) groups is 1. The number of piperazine rings is 1. The first kappa shape index (κ1) is 16.3. The molecule has 6 heteroatoms. The zero-order valence-corrected chi connectivity index (χ0v) is 13.3. The van der Waals surface area contributed by atoms with Gasteiger partial charge in [-0.2, -0.15) is 5.26 Å². The standard InChI is InChI=1S/C16H19ClN4O/c1-20-6-8-21(9-7-20)12-14(10-18)16(22)19-11-13-2-4-15(17)5-3-13/h2-5,12H,6-9,11H2,1H3,(H,19,22)/b14-12-. The average molecular weight is 319 g/mol. The molecule has 0 aromatic heterocycles. The third kappa shape index (κ3) is 4.76. The molecule has 1 aliphatic rings. The molecule has 22 heavy (non-hydrogen) atoms. The average Bonchev–Trinajstić information content (AvgIpc) is 2.53. The number of nitrogens with zero attached hydrogens (tertiary/aromatic N) is 3. The van der Waals surface area contributed by atoms with Crippen LogP contribution in [0.5, 0.6) is 0 Å². The zero-order valence-electron chi connectivity index (χ0n) is 12.6. The second-order valence-electron chi connectivity index (χ2n) is 5.30. The molecule has 2 rings (SSSR count). The van der Waals surface area contributed by atoms with E-state index >= 15 is 0 Å². The van der Waals surface area contributed by atoms with Crippen LogP contribution in [0.3, 0.4) is 0 Å². The number of hydrogen-bond donors (Lipinski definition) is 1. The number of carbonyl (C=O) groups excluding carboxylic acids is 1. The van der Waals surface area contributed by atoms with Gasteiger partial charge < -0.3 is 15.1 Å². The normalized spacial score (nSPS) is 16.2. The minimum Gasteiger partial charge on any atom is -0.374 e. The van der Waals surface area contributed by atoms with Gasteiger partial charge in [-0.05, 0) is 24.7 Å². The van der Waals surface area contributed by atoms with Gasteiger partial charge in [-0.25, -0.2) is 0 Å². The minimum atomic E-state index is -0.351. The molecule has 1 aromatic rings. The fourth-order valence-corrected chi connectivity index (χ4v) is 2.28. The number of likely N-dealkylation sites (N-methyl/N-ethyl adjacent to an activating group) is 1. The maximum Gasteiger partial charge on any atom is 0.263 e. The van der Waals surface area contributed by atoms with E-state index in [0.717, 1.165) is 31.7 Å². The van der Waals surface area contributed by atoms with Gasteiger partial charge in [-0.15, -0.1) is 0 Å². The summed E-state index contributed by atoms with van der Waals surface area (Å²) in [4.78, 5) is 16.3. The molecular formula is C16H19ClN4O. The van der Waals surface area contributed by atoms with Crippen LogP contribution in [-0.4, -0.2) is 48.9 Å². The summed E-state index contributed by atoms with van der Waals surface area (Å²) in [5.41, 5.74) is 1.08. The Morgan fingerprint density at radius 3 is 2.55 bits per heavy atom. The first-order valence-electron chi connectivity index (χ1n) is 7.15. The van der Waals surface area contributed by atoms with E-state index in [4.69, 9.17) is 11.6 Å². The van der Waals surface area contributed by atoms with Crippen molar-refractivity contribution in [2.45, 2.75) is 6.54 Å². The lowest BCUT2D eigenvalue weighted by atomic mass is 10.2. The molecule has 1 N–H and O–H groups in total. The third-order valence-electron chi connectivity index (χ3n) is 3.58. The van der Waals surface area contributed by atoms with Gasteiger partial charge in [0.15, 0.2) is 0 Å². The van der Waals surface area contributed by atoms with Crippen molar-refractivity contribution in [1.29, 1.82) is 5.26 Å². The molecule has 1 amide bonds.